The van der Waals surface area contributed by atoms with Crippen molar-refractivity contribution >= 4 is 23.1 Å². The van der Waals surface area contributed by atoms with Crippen LogP contribution in [0.2, 0.25) is 0 Å². The first-order valence-corrected chi connectivity index (χ1v) is 5.38. The summed E-state index contributed by atoms with van der Waals surface area (Å²) in [6.07, 6.45) is 4.92. The van der Waals surface area contributed by atoms with Crippen LogP contribution in [0.4, 0.5) is 0 Å². The summed E-state index contributed by atoms with van der Waals surface area (Å²) < 4.78 is 0. The maximum absolute atomic E-state index is 12.0. The number of nitrogens with zero attached hydrogens (tertiary/aromatic N) is 3. The van der Waals surface area contributed by atoms with E-state index in [0.717, 1.165) is 0 Å². The van der Waals surface area contributed by atoms with E-state index in [1.54, 1.807) is 4.90 Å². The fraction of sp³-hybridized carbons (Fsp3) is 0.400. The summed E-state index contributed by atoms with van der Waals surface area (Å²) in [6, 6.07) is 0. The van der Waals surface area contributed by atoms with Crippen molar-refractivity contribution in [3.63, 3.8) is 0 Å². The van der Waals surface area contributed by atoms with Crippen molar-refractivity contribution in [2.24, 2.45) is 5.73 Å². The first-order valence-electron chi connectivity index (χ1n) is 4.97. The van der Waals surface area contributed by atoms with E-state index in [2.05, 4.69) is 9.97 Å². The Labute approximate surface area is 99.7 Å². The largest absolute Gasteiger partial charge is 0.393 e. The Morgan fingerprint density at radius 1 is 1.50 bits per heavy atom. The molecule has 1 rings (SSSR count). The minimum atomic E-state index is -0.0978. The predicted octanol–water partition coefficient (Wildman–Crippen LogP) is 0.615. The molecule has 0 aliphatic rings. The maximum Gasteiger partial charge on any atom is 0.256 e. The van der Waals surface area contributed by atoms with E-state index >= 15 is 0 Å². The quantitative estimate of drug-likeness (QED) is 0.761. The summed E-state index contributed by atoms with van der Waals surface area (Å²) in [5.74, 6) is -0.0978. The molecular weight excluding hydrogens is 224 g/mol. The number of carbonyl (C=O) groups is 1. The summed E-state index contributed by atoms with van der Waals surface area (Å²) in [5.41, 5.74) is 5.88. The normalized spacial score (nSPS) is 9.81. The fourth-order valence-corrected chi connectivity index (χ4v) is 1.33. The molecule has 0 aliphatic carbocycles. The highest BCUT2D eigenvalue weighted by Gasteiger charge is 2.14. The smallest absolute Gasteiger partial charge is 0.256 e. The van der Waals surface area contributed by atoms with Crippen LogP contribution in [0, 0.1) is 0 Å². The Morgan fingerprint density at radius 3 is 2.62 bits per heavy atom. The van der Waals surface area contributed by atoms with Crippen LogP contribution in [0.15, 0.2) is 18.7 Å². The zero-order valence-electron chi connectivity index (χ0n) is 9.09. The Kier molecular flexibility index (Phi) is 4.78. The van der Waals surface area contributed by atoms with Gasteiger partial charge in [-0.25, -0.2) is 9.97 Å². The second-order valence-electron chi connectivity index (χ2n) is 3.23. The topological polar surface area (TPSA) is 72.1 Å². The van der Waals surface area contributed by atoms with Crippen LogP contribution in [0.25, 0.3) is 0 Å². The molecule has 0 unspecified atom stereocenters. The summed E-state index contributed by atoms with van der Waals surface area (Å²) >= 11 is 4.78. The molecular formula is C10H14N4OS. The molecule has 0 atom stereocenters. The molecule has 1 amide bonds. The lowest BCUT2D eigenvalue weighted by Gasteiger charge is -2.20. The van der Waals surface area contributed by atoms with E-state index in [-0.39, 0.29) is 5.91 Å². The van der Waals surface area contributed by atoms with Crippen LogP contribution in [0.5, 0.6) is 0 Å². The lowest BCUT2D eigenvalue weighted by atomic mass is 10.2. The van der Waals surface area contributed by atoms with Gasteiger partial charge in [0.25, 0.3) is 5.91 Å². The van der Waals surface area contributed by atoms with Crippen molar-refractivity contribution in [3.05, 3.63) is 24.3 Å². The van der Waals surface area contributed by atoms with Crippen LogP contribution in [0.1, 0.15) is 23.7 Å². The van der Waals surface area contributed by atoms with E-state index in [0.29, 0.717) is 30.1 Å². The zero-order chi connectivity index (χ0) is 12.0. The molecule has 6 heteroatoms. The van der Waals surface area contributed by atoms with Gasteiger partial charge in [-0.1, -0.05) is 12.2 Å². The molecule has 0 spiro atoms. The highest BCUT2D eigenvalue weighted by Crippen LogP contribution is 2.02. The molecule has 0 saturated heterocycles. The molecule has 0 bridgehead atoms. The second-order valence-corrected chi connectivity index (χ2v) is 3.75. The van der Waals surface area contributed by atoms with Crippen LogP contribution < -0.4 is 5.73 Å². The first-order chi connectivity index (χ1) is 7.65. The molecule has 0 saturated carbocycles. The summed E-state index contributed by atoms with van der Waals surface area (Å²) in [6.45, 7) is 3.04. The van der Waals surface area contributed by atoms with Gasteiger partial charge >= 0.3 is 0 Å². The minimum absolute atomic E-state index is 0.0978. The molecule has 1 aromatic heterocycles. The van der Waals surface area contributed by atoms with E-state index < -0.39 is 0 Å². The zero-order valence-corrected chi connectivity index (χ0v) is 9.91. The third-order valence-electron chi connectivity index (χ3n) is 2.10. The monoisotopic (exact) mass is 238 g/mol. The summed E-state index contributed by atoms with van der Waals surface area (Å²) in [5, 5.41) is 0. The van der Waals surface area contributed by atoms with Gasteiger partial charge in [-0.15, -0.1) is 0 Å². The number of thiocarbonyl (C=S) groups is 1. The third-order valence-corrected chi connectivity index (χ3v) is 2.31. The highest BCUT2D eigenvalue weighted by molar-refractivity contribution is 7.80. The molecule has 1 heterocycles. The Morgan fingerprint density at radius 2 is 2.12 bits per heavy atom. The van der Waals surface area contributed by atoms with Gasteiger partial charge in [0.1, 0.15) is 6.33 Å². The molecule has 2 N–H and O–H groups in total. The number of aromatic nitrogens is 2. The highest BCUT2D eigenvalue weighted by atomic mass is 32.1. The van der Waals surface area contributed by atoms with E-state index in [9.17, 15) is 4.79 Å². The predicted molar refractivity (Wildman–Crippen MR) is 65.0 cm³/mol. The molecule has 5 nitrogen and oxygen atoms in total. The lowest BCUT2D eigenvalue weighted by molar-refractivity contribution is 0.0768. The number of rotatable bonds is 5. The van der Waals surface area contributed by atoms with Gasteiger partial charge in [0.05, 0.1) is 10.6 Å². The number of hydrogen-bond donors (Lipinski definition) is 1. The summed E-state index contributed by atoms with van der Waals surface area (Å²) in [7, 11) is 0. The fourth-order valence-electron chi connectivity index (χ4n) is 1.24. The van der Waals surface area contributed by atoms with Crippen molar-refractivity contribution in [1.29, 1.82) is 0 Å². The number of nitrogens with two attached hydrogens (primary N) is 1. The van der Waals surface area contributed by atoms with Crippen LogP contribution >= 0.6 is 12.2 Å². The SMILES string of the molecule is CCN(CCC(N)=S)C(=O)c1cncnc1. The van der Waals surface area contributed by atoms with Gasteiger partial charge in [0.2, 0.25) is 0 Å². The van der Waals surface area contributed by atoms with Gasteiger partial charge < -0.3 is 10.6 Å². The molecule has 0 fully saturated rings. The van der Waals surface area contributed by atoms with E-state index in [1.807, 2.05) is 6.92 Å². The number of amides is 1. The Balaban J connectivity index is 2.66. The van der Waals surface area contributed by atoms with Crippen molar-refractivity contribution in [3.8, 4) is 0 Å². The number of carbonyl (C=O) groups excluding carboxylic acids is 1. The van der Waals surface area contributed by atoms with Gasteiger partial charge in [-0.05, 0) is 6.92 Å². The van der Waals surface area contributed by atoms with Crippen LogP contribution in [0.3, 0.4) is 0 Å². The van der Waals surface area contributed by atoms with Gasteiger partial charge in [-0.3, -0.25) is 4.79 Å². The standard InChI is InChI=1S/C10H14N4OS/c1-2-14(4-3-9(11)16)10(15)8-5-12-7-13-6-8/h5-7H,2-4H2,1H3,(H2,11,16). The molecule has 86 valence electrons. The van der Waals surface area contributed by atoms with Gasteiger partial charge in [0.15, 0.2) is 0 Å². The molecule has 0 aliphatic heterocycles. The minimum Gasteiger partial charge on any atom is -0.393 e. The van der Waals surface area contributed by atoms with Crippen LogP contribution in [-0.4, -0.2) is 38.9 Å². The lowest BCUT2D eigenvalue weighted by Crippen LogP contribution is -2.33. The Bertz CT molecular complexity index is 368. The average Bonchev–Trinajstić information content (AvgIpc) is 2.30. The van der Waals surface area contributed by atoms with Crippen molar-refractivity contribution < 1.29 is 4.79 Å². The van der Waals surface area contributed by atoms with Gasteiger partial charge in [0, 0.05) is 31.9 Å². The van der Waals surface area contributed by atoms with Gasteiger partial charge in [-0.2, -0.15) is 0 Å². The number of hydrogen-bond acceptors (Lipinski definition) is 4. The van der Waals surface area contributed by atoms with Crippen molar-refractivity contribution in [1.82, 2.24) is 14.9 Å². The third kappa shape index (κ3) is 3.54. The maximum atomic E-state index is 12.0. The molecule has 1 aromatic rings. The van der Waals surface area contributed by atoms with Crippen molar-refractivity contribution in [2.75, 3.05) is 13.1 Å². The molecule has 0 radical (unpaired) electrons. The average molecular weight is 238 g/mol. The Hall–Kier alpha value is -1.56. The van der Waals surface area contributed by atoms with E-state index in [1.165, 1.54) is 18.7 Å². The molecule has 0 aromatic carbocycles. The van der Waals surface area contributed by atoms with Crippen molar-refractivity contribution in [2.45, 2.75) is 13.3 Å². The summed E-state index contributed by atoms with van der Waals surface area (Å²) in [4.78, 5) is 21.6. The van der Waals surface area contributed by atoms with Crippen LogP contribution in [-0.2, 0) is 0 Å². The second kappa shape index (κ2) is 6.12. The first kappa shape index (κ1) is 12.5. The van der Waals surface area contributed by atoms with E-state index in [4.69, 9.17) is 18.0 Å². The molecule has 16 heavy (non-hydrogen) atoms.